The molecule has 0 aliphatic heterocycles. The van der Waals surface area contributed by atoms with E-state index in [1.807, 2.05) is 25.2 Å². The Hall–Kier alpha value is -1.05. The van der Waals surface area contributed by atoms with Gasteiger partial charge in [0.2, 0.25) is 0 Å². The van der Waals surface area contributed by atoms with Crippen molar-refractivity contribution >= 4 is 21.6 Å². The van der Waals surface area contributed by atoms with Crippen LogP contribution in [0, 0.1) is 17.2 Å². The maximum absolute atomic E-state index is 9.26. The van der Waals surface area contributed by atoms with E-state index >= 15 is 0 Å². The number of aliphatic hydroxyl groups is 1. The minimum Gasteiger partial charge on any atom is -0.393 e. The van der Waals surface area contributed by atoms with Crippen LogP contribution in [0.5, 0.6) is 0 Å². The van der Waals surface area contributed by atoms with E-state index < -0.39 is 0 Å². The molecule has 1 aliphatic rings. The summed E-state index contributed by atoms with van der Waals surface area (Å²) in [5.74, 6) is 0.581. The number of hydrogen-bond donors (Lipinski definition) is 1. The molecule has 3 nitrogen and oxygen atoms in total. The molecule has 1 aromatic rings. The van der Waals surface area contributed by atoms with Crippen LogP contribution in [-0.4, -0.2) is 24.8 Å². The van der Waals surface area contributed by atoms with Crippen LogP contribution < -0.4 is 4.90 Å². The predicted octanol–water partition coefficient (Wildman–Crippen LogP) is 2.53. The molecule has 0 bridgehead atoms. The molecule has 0 unspecified atom stereocenters. The predicted molar refractivity (Wildman–Crippen MR) is 70.9 cm³/mol. The van der Waals surface area contributed by atoms with Crippen molar-refractivity contribution in [1.82, 2.24) is 0 Å². The van der Waals surface area contributed by atoms with Crippen LogP contribution in [-0.2, 0) is 0 Å². The number of halogens is 1. The minimum atomic E-state index is -0.0993. The Balaban J connectivity index is 2.04. The first-order valence-corrected chi connectivity index (χ1v) is 6.48. The highest BCUT2D eigenvalue weighted by atomic mass is 79.9. The first kappa shape index (κ1) is 12.4. The molecule has 90 valence electrons. The van der Waals surface area contributed by atoms with Gasteiger partial charge in [0.1, 0.15) is 0 Å². The van der Waals surface area contributed by atoms with E-state index in [0.717, 1.165) is 29.5 Å². The van der Waals surface area contributed by atoms with E-state index in [1.165, 1.54) is 0 Å². The van der Waals surface area contributed by atoms with Crippen molar-refractivity contribution in [2.75, 3.05) is 18.5 Å². The first-order chi connectivity index (χ1) is 8.10. The number of aliphatic hydroxyl groups excluding tert-OH is 1. The van der Waals surface area contributed by atoms with E-state index in [1.54, 1.807) is 0 Å². The average molecular weight is 295 g/mol. The van der Waals surface area contributed by atoms with Gasteiger partial charge in [0.05, 0.1) is 23.4 Å². The van der Waals surface area contributed by atoms with Gasteiger partial charge < -0.3 is 10.0 Å². The highest BCUT2D eigenvalue weighted by Gasteiger charge is 2.28. The molecule has 1 fully saturated rings. The normalized spacial score (nSPS) is 22.7. The molecule has 1 aliphatic carbocycles. The molecule has 1 saturated carbocycles. The molecule has 4 heteroatoms. The van der Waals surface area contributed by atoms with Crippen LogP contribution in [0.2, 0.25) is 0 Å². The molecule has 1 N–H and O–H groups in total. The van der Waals surface area contributed by atoms with Crippen molar-refractivity contribution in [3.63, 3.8) is 0 Å². The van der Waals surface area contributed by atoms with Gasteiger partial charge in [0.15, 0.2) is 0 Å². The lowest BCUT2D eigenvalue weighted by molar-refractivity contribution is 0.0465. The van der Waals surface area contributed by atoms with E-state index in [4.69, 9.17) is 5.26 Å². The zero-order chi connectivity index (χ0) is 12.4. The second-order valence-electron chi connectivity index (χ2n) is 4.65. The first-order valence-electron chi connectivity index (χ1n) is 5.69. The number of hydrogen-bond acceptors (Lipinski definition) is 3. The highest BCUT2D eigenvalue weighted by molar-refractivity contribution is 9.10. The summed E-state index contributed by atoms with van der Waals surface area (Å²) in [5, 5.41) is 18.1. The van der Waals surface area contributed by atoms with Gasteiger partial charge in [0, 0.05) is 18.1 Å². The Morgan fingerprint density at radius 3 is 2.76 bits per heavy atom. The summed E-state index contributed by atoms with van der Waals surface area (Å²) >= 11 is 3.49. The summed E-state index contributed by atoms with van der Waals surface area (Å²) in [7, 11) is 2.04. The van der Waals surface area contributed by atoms with Crippen molar-refractivity contribution < 1.29 is 5.11 Å². The Morgan fingerprint density at radius 2 is 2.24 bits per heavy atom. The van der Waals surface area contributed by atoms with Crippen molar-refractivity contribution in [2.24, 2.45) is 5.92 Å². The van der Waals surface area contributed by atoms with Crippen LogP contribution >= 0.6 is 15.9 Å². The second-order valence-corrected chi connectivity index (χ2v) is 5.50. The number of rotatable bonds is 3. The Morgan fingerprint density at radius 1 is 1.53 bits per heavy atom. The molecule has 0 saturated heterocycles. The van der Waals surface area contributed by atoms with Crippen LogP contribution in [0.1, 0.15) is 18.4 Å². The molecule has 1 aromatic carbocycles. The Kier molecular flexibility index (Phi) is 3.70. The van der Waals surface area contributed by atoms with Gasteiger partial charge in [-0.2, -0.15) is 5.26 Å². The number of nitrogens with zero attached hydrogens (tertiary/aromatic N) is 2. The fourth-order valence-corrected chi connectivity index (χ4v) is 2.90. The third-order valence-corrected chi connectivity index (χ3v) is 3.87. The quantitative estimate of drug-likeness (QED) is 0.932. The monoisotopic (exact) mass is 294 g/mol. The van der Waals surface area contributed by atoms with Gasteiger partial charge in [-0.3, -0.25) is 0 Å². The molecule has 0 heterocycles. The van der Waals surface area contributed by atoms with Crippen molar-refractivity contribution in [3.8, 4) is 6.07 Å². The summed E-state index contributed by atoms with van der Waals surface area (Å²) in [4.78, 5) is 2.17. The molecular weight excluding hydrogens is 280 g/mol. The molecule has 17 heavy (non-hydrogen) atoms. The van der Waals surface area contributed by atoms with Gasteiger partial charge >= 0.3 is 0 Å². The van der Waals surface area contributed by atoms with Crippen LogP contribution in [0.4, 0.5) is 5.69 Å². The summed E-state index contributed by atoms with van der Waals surface area (Å²) in [5.41, 5.74) is 1.75. The van der Waals surface area contributed by atoms with Crippen LogP contribution in [0.15, 0.2) is 22.7 Å². The zero-order valence-electron chi connectivity index (χ0n) is 9.73. The van der Waals surface area contributed by atoms with E-state index in [-0.39, 0.29) is 6.10 Å². The largest absolute Gasteiger partial charge is 0.393 e. The molecule has 2 rings (SSSR count). The van der Waals surface area contributed by atoms with Gasteiger partial charge in [-0.15, -0.1) is 0 Å². The third kappa shape index (κ3) is 2.80. The molecule has 0 radical (unpaired) electrons. The van der Waals surface area contributed by atoms with E-state index in [2.05, 4.69) is 26.9 Å². The fraction of sp³-hybridized carbons (Fsp3) is 0.462. The second kappa shape index (κ2) is 5.07. The summed E-state index contributed by atoms with van der Waals surface area (Å²) < 4.78 is 0.943. The Bertz CT molecular complexity index is 449. The lowest BCUT2D eigenvalue weighted by Crippen LogP contribution is -2.37. The molecule has 0 amide bonds. The summed E-state index contributed by atoms with van der Waals surface area (Å²) in [6.45, 7) is 0.946. The van der Waals surface area contributed by atoms with Crippen LogP contribution in [0.3, 0.4) is 0 Å². The topological polar surface area (TPSA) is 47.3 Å². The SMILES string of the molecule is CN(CC1CC(O)C1)c1ccc(C#N)cc1Br. The molecule has 0 atom stereocenters. The average Bonchev–Trinajstić information content (AvgIpc) is 2.26. The van der Waals surface area contributed by atoms with E-state index in [9.17, 15) is 5.11 Å². The third-order valence-electron chi connectivity index (χ3n) is 3.23. The van der Waals surface area contributed by atoms with Crippen molar-refractivity contribution in [1.29, 1.82) is 5.26 Å². The van der Waals surface area contributed by atoms with E-state index in [0.29, 0.717) is 11.5 Å². The van der Waals surface area contributed by atoms with Gasteiger partial charge in [-0.05, 0) is 52.9 Å². The lowest BCUT2D eigenvalue weighted by atomic mass is 9.82. The summed E-state index contributed by atoms with van der Waals surface area (Å²) in [6, 6.07) is 7.74. The smallest absolute Gasteiger partial charge is 0.0992 e. The van der Waals surface area contributed by atoms with Gasteiger partial charge in [-0.1, -0.05) is 0 Å². The summed E-state index contributed by atoms with van der Waals surface area (Å²) in [6.07, 6.45) is 1.70. The van der Waals surface area contributed by atoms with Gasteiger partial charge in [0.25, 0.3) is 0 Å². The number of anilines is 1. The lowest BCUT2D eigenvalue weighted by Gasteiger charge is -2.35. The molecule has 0 spiro atoms. The van der Waals surface area contributed by atoms with Crippen molar-refractivity contribution in [2.45, 2.75) is 18.9 Å². The minimum absolute atomic E-state index is 0.0993. The zero-order valence-corrected chi connectivity index (χ0v) is 11.3. The maximum atomic E-state index is 9.26. The Labute approximate surface area is 110 Å². The standard InChI is InChI=1S/C13H15BrN2O/c1-16(8-10-4-11(17)5-10)13-3-2-9(7-15)6-12(13)14/h2-3,6,10-11,17H,4-5,8H2,1H3. The van der Waals surface area contributed by atoms with Crippen molar-refractivity contribution in [3.05, 3.63) is 28.2 Å². The van der Waals surface area contributed by atoms with Crippen LogP contribution in [0.25, 0.3) is 0 Å². The maximum Gasteiger partial charge on any atom is 0.0992 e. The number of benzene rings is 1. The molecule has 0 aromatic heterocycles. The highest BCUT2D eigenvalue weighted by Crippen LogP contribution is 2.32. The fourth-order valence-electron chi connectivity index (χ4n) is 2.22. The number of nitriles is 1. The molecular formula is C13H15BrN2O. The van der Waals surface area contributed by atoms with Gasteiger partial charge in [-0.25, -0.2) is 0 Å².